The number of nitriles is 1. The van der Waals surface area contributed by atoms with Crippen LogP contribution in [-0.2, 0) is 21.2 Å². The monoisotopic (exact) mass is 551 g/mol. The molecule has 0 spiro atoms. The first-order valence-corrected chi connectivity index (χ1v) is 15.0. The Morgan fingerprint density at radius 1 is 1.15 bits per heavy atom. The van der Waals surface area contributed by atoms with E-state index in [0.29, 0.717) is 49.4 Å². The van der Waals surface area contributed by atoms with E-state index in [1.807, 2.05) is 70.2 Å². The molecule has 1 fully saturated rings. The first-order chi connectivity index (χ1) is 18.4. The molecule has 0 aliphatic carbocycles. The number of hydrogen-bond donors (Lipinski definition) is 0. The summed E-state index contributed by atoms with van der Waals surface area (Å²) in [5.74, 6) is 0.690. The van der Waals surface area contributed by atoms with Gasteiger partial charge in [-0.2, -0.15) is 5.26 Å². The number of hydrogen-bond acceptors (Lipinski definition) is 6. The molecule has 208 valence electrons. The Morgan fingerprint density at radius 3 is 2.51 bits per heavy atom. The van der Waals surface area contributed by atoms with Crippen molar-refractivity contribution in [2.75, 3.05) is 23.1 Å². The molecule has 1 amide bonds. The van der Waals surface area contributed by atoms with E-state index in [4.69, 9.17) is 9.47 Å². The molecule has 2 aromatic rings. The van der Waals surface area contributed by atoms with Gasteiger partial charge in [0.1, 0.15) is 17.5 Å². The lowest BCUT2D eigenvalue weighted by Gasteiger charge is -2.33. The number of benzene rings is 2. The molecule has 0 aromatic heterocycles. The molecule has 2 aromatic carbocycles. The summed E-state index contributed by atoms with van der Waals surface area (Å²) in [5.41, 5.74) is 3.42. The number of rotatable bonds is 6. The van der Waals surface area contributed by atoms with Crippen molar-refractivity contribution in [1.29, 1.82) is 5.26 Å². The van der Waals surface area contributed by atoms with Crippen LogP contribution in [0.25, 0.3) is 5.57 Å². The summed E-state index contributed by atoms with van der Waals surface area (Å²) < 4.78 is 39.6. The molecule has 1 saturated heterocycles. The Labute approximate surface area is 231 Å². The smallest absolute Gasteiger partial charge is 0.410 e. The molecule has 1 atom stereocenters. The van der Waals surface area contributed by atoms with Crippen LogP contribution < -0.4 is 9.04 Å². The summed E-state index contributed by atoms with van der Waals surface area (Å²) in [7, 11) is -3.52. The number of allylic oxidation sites excluding steroid dienone is 1. The molecule has 8 nitrogen and oxygen atoms in total. The van der Waals surface area contributed by atoms with Gasteiger partial charge in [0.25, 0.3) is 0 Å². The normalized spacial score (nSPS) is 18.5. The molecule has 2 heterocycles. The van der Waals surface area contributed by atoms with Crippen LogP contribution in [0.3, 0.4) is 0 Å². The summed E-state index contributed by atoms with van der Waals surface area (Å²) in [6.07, 6.45) is 3.54. The van der Waals surface area contributed by atoms with Crippen molar-refractivity contribution in [3.8, 4) is 11.8 Å². The van der Waals surface area contributed by atoms with Crippen LogP contribution in [0, 0.1) is 11.3 Å². The first kappa shape index (κ1) is 28.5. The topological polar surface area (TPSA) is 99.9 Å². The van der Waals surface area contributed by atoms with E-state index in [1.54, 1.807) is 17.9 Å². The van der Waals surface area contributed by atoms with Gasteiger partial charge in [0, 0.05) is 25.9 Å². The zero-order valence-electron chi connectivity index (χ0n) is 23.3. The van der Waals surface area contributed by atoms with Gasteiger partial charge in [-0.25, -0.2) is 13.2 Å². The number of amides is 1. The van der Waals surface area contributed by atoms with Gasteiger partial charge in [-0.15, -0.1) is 0 Å². The van der Waals surface area contributed by atoms with Crippen molar-refractivity contribution in [3.05, 3.63) is 65.2 Å². The Bertz CT molecular complexity index is 1400. The third-order valence-electron chi connectivity index (χ3n) is 6.97. The lowest BCUT2D eigenvalue weighted by molar-refractivity contribution is 0.0126. The lowest BCUT2D eigenvalue weighted by Crippen LogP contribution is -2.44. The average Bonchev–Trinajstić information content (AvgIpc) is 3.26. The fourth-order valence-electron chi connectivity index (χ4n) is 5.02. The second kappa shape index (κ2) is 11.3. The Kier molecular flexibility index (Phi) is 8.26. The highest BCUT2D eigenvalue weighted by molar-refractivity contribution is 7.92. The molecule has 0 saturated carbocycles. The molecule has 2 aliphatic rings. The molecule has 1 unspecified atom stereocenters. The highest BCUT2D eigenvalue weighted by Crippen LogP contribution is 2.39. The summed E-state index contributed by atoms with van der Waals surface area (Å²) in [4.78, 5) is 14.1. The predicted octanol–water partition coefficient (Wildman–Crippen LogP) is 5.52. The van der Waals surface area contributed by atoms with E-state index < -0.39 is 15.6 Å². The van der Waals surface area contributed by atoms with Gasteiger partial charge in [-0.3, -0.25) is 4.31 Å². The number of nitrogens with zero attached hydrogens (tertiary/aromatic N) is 3. The zero-order chi connectivity index (χ0) is 28.4. The lowest BCUT2D eigenvalue weighted by atomic mass is 10.0. The molecule has 9 heteroatoms. The summed E-state index contributed by atoms with van der Waals surface area (Å²) in [5, 5.41) is 9.26. The molecule has 4 rings (SSSR count). The average molecular weight is 552 g/mol. The number of piperidine rings is 1. The van der Waals surface area contributed by atoms with Gasteiger partial charge in [-0.1, -0.05) is 18.2 Å². The SMILES string of the molecule is CCS(=O)(=O)N1c2ccc(OC3CCN(C(=O)OC(C)(C)C)CC3)cc2CC1/C=C(\C)c1cccc(C#N)c1. The van der Waals surface area contributed by atoms with E-state index in [2.05, 4.69) is 6.07 Å². The second-order valence-electron chi connectivity index (χ2n) is 11.1. The van der Waals surface area contributed by atoms with Crippen molar-refractivity contribution in [2.24, 2.45) is 0 Å². The number of ether oxygens (including phenoxy) is 2. The van der Waals surface area contributed by atoms with E-state index in [0.717, 1.165) is 16.7 Å². The van der Waals surface area contributed by atoms with Gasteiger partial charge in [0.2, 0.25) is 10.0 Å². The van der Waals surface area contributed by atoms with Crippen molar-refractivity contribution >= 4 is 27.4 Å². The minimum absolute atomic E-state index is 0.00574. The van der Waals surface area contributed by atoms with Gasteiger partial charge in [0.15, 0.2) is 0 Å². The maximum atomic E-state index is 13.1. The van der Waals surface area contributed by atoms with Crippen LogP contribution in [0.2, 0.25) is 0 Å². The number of anilines is 1. The maximum Gasteiger partial charge on any atom is 0.410 e. The van der Waals surface area contributed by atoms with E-state index in [-0.39, 0.29) is 24.0 Å². The van der Waals surface area contributed by atoms with Gasteiger partial charge >= 0.3 is 6.09 Å². The molecular formula is C30H37N3O5S. The second-order valence-corrected chi connectivity index (χ2v) is 13.2. The Balaban J connectivity index is 1.50. The van der Waals surface area contributed by atoms with Gasteiger partial charge in [-0.05, 0) is 88.1 Å². The van der Waals surface area contributed by atoms with Crippen molar-refractivity contribution in [3.63, 3.8) is 0 Å². The molecule has 0 bridgehead atoms. The minimum Gasteiger partial charge on any atom is -0.490 e. The highest BCUT2D eigenvalue weighted by atomic mass is 32.2. The standard InChI is InChI=1S/C30H37N3O5S/c1-6-39(35,36)33-25(16-21(2)23-9-7-8-22(17-23)20-31)18-24-19-27(10-11-28(24)33)37-26-12-14-32(15-13-26)29(34)38-30(3,4)5/h7-11,16-17,19,25-26H,6,12-15,18H2,1-5H3/b21-16+. The highest BCUT2D eigenvalue weighted by Gasteiger charge is 2.36. The van der Waals surface area contributed by atoms with Crippen LogP contribution in [0.1, 0.15) is 64.2 Å². The summed E-state index contributed by atoms with van der Waals surface area (Å²) >= 11 is 0. The zero-order valence-corrected chi connectivity index (χ0v) is 24.1. The number of fused-ring (bicyclic) bond motifs is 1. The molecular weight excluding hydrogens is 514 g/mol. The van der Waals surface area contributed by atoms with E-state index in [1.165, 1.54) is 4.31 Å². The van der Waals surface area contributed by atoms with Gasteiger partial charge in [0.05, 0.1) is 29.1 Å². The van der Waals surface area contributed by atoms with Crippen LogP contribution in [0.15, 0.2) is 48.5 Å². The fourth-order valence-corrected chi connectivity index (χ4v) is 6.32. The first-order valence-electron chi connectivity index (χ1n) is 13.4. The van der Waals surface area contributed by atoms with Crippen molar-refractivity contribution in [1.82, 2.24) is 4.90 Å². The Hall–Kier alpha value is -3.51. The fraction of sp³-hybridized carbons (Fsp3) is 0.467. The third-order valence-corrected chi connectivity index (χ3v) is 8.77. The maximum absolute atomic E-state index is 13.1. The molecule has 2 aliphatic heterocycles. The molecule has 0 radical (unpaired) electrons. The van der Waals surface area contributed by atoms with Crippen LogP contribution >= 0.6 is 0 Å². The third kappa shape index (κ3) is 6.74. The number of carbonyl (C=O) groups excluding carboxylic acids is 1. The van der Waals surface area contributed by atoms with Crippen LogP contribution in [0.4, 0.5) is 10.5 Å². The number of carbonyl (C=O) groups is 1. The van der Waals surface area contributed by atoms with Crippen molar-refractivity contribution in [2.45, 2.75) is 71.6 Å². The molecule has 0 N–H and O–H groups in total. The number of likely N-dealkylation sites (tertiary alicyclic amines) is 1. The summed E-state index contributed by atoms with van der Waals surface area (Å²) in [6.45, 7) is 10.3. The predicted molar refractivity (Wildman–Crippen MR) is 152 cm³/mol. The quantitative estimate of drug-likeness (QED) is 0.469. The van der Waals surface area contributed by atoms with Crippen molar-refractivity contribution < 1.29 is 22.7 Å². The largest absolute Gasteiger partial charge is 0.490 e. The molecule has 39 heavy (non-hydrogen) atoms. The minimum atomic E-state index is -3.52. The van der Waals surface area contributed by atoms with Crippen LogP contribution in [0.5, 0.6) is 5.75 Å². The van der Waals surface area contributed by atoms with E-state index >= 15 is 0 Å². The number of sulfonamides is 1. The summed E-state index contributed by atoms with van der Waals surface area (Å²) in [6, 6.07) is 14.7. The van der Waals surface area contributed by atoms with E-state index in [9.17, 15) is 18.5 Å². The van der Waals surface area contributed by atoms with Crippen LogP contribution in [-0.4, -0.2) is 56.0 Å². The van der Waals surface area contributed by atoms with Gasteiger partial charge < -0.3 is 14.4 Å². The Morgan fingerprint density at radius 2 is 1.87 bits per heavy atom.